The van der Waals surface area contributed by atoms with Gasteiger partial charge < -0.3 is 20.8 Å². The number of carbonyl (C=O) groups excluding carboxylic acids is 2. The second-order valence-corrected chi connectivity index (χ2v) is 8.95. The van der Waals surface area contributed by atoms with Crippen LogP contribution in [0.2, 0.25) is 0 Å². The normalized spacial score (nSPS) is 18.8. The predicted octanol–water partition coefficient (Wildman–Crippen LogP) is 4.03. The summed E-state index contributed by atoms with van der Waals surface area (Å²) in [5, 5.41) is 3.25. The third-order valence-corrected chi connectivity index (χ3v) is 6.66. The summed E-state index contributed by atoms with van der Waals surface area (Å²) in [6.45, 7) is 0.692. The zero-order chi connectivity index (χ0) is 23.9. The molecule has 1 fully saturated rings. The number of carbonyl (C=O) groups is 2. The molecule has 1 amide bonds. The van der Waals surface area contributed by atoms with Crippen molar-refractivity contribution in [1.29, 1.82) is 0 Å². The first-order valence-electron chi connectivity index (χ1n) is 11.9. The Hall–Kier alpha value is -3.45. The van der Waals surface area contributed by atoms with Gasteiger partial charge in [-0.1, -0.05) is 42.5 Å². The van der Waals surface area contributed by atoms with Crippen LogP contribution < -0.4 is 11.1 Å². The molecule has 178 valence electrons. The molecule has 1 aliphatic rings. The van der Waals surface area contributed by atoms with Gasteiger partial charge in [-0.15, -0.1) is 0 Å². The SMILES string of the molecule is COC(=O)c1cccc(-c2c[nH]c([C@H](Cc3ccccc3)NC(=O)[C@H]3CC[C@H](CN)CC3)n2)c1. The van der Waals surface area contributed by atoms with E-state index in [1.807, 2.05) is 30.5 Å². The highest BCUT2D eigenvalue weighted by atomic mass is 16.5. The largest absolute Gasteiger partial charge is 0.465 e. The van der Waals surface area contributed by atoms with E-state index in [1.54, 1.807) is 18.2 Å². The topological polar surface area (TPSA) is 110 Å². The average molecular weight is 461 g/mol. The van der Waals surface area contributed by atoms with Crippen LogP contribution in [0.3, 0.4) is 0 Å². The lowest BCUT2D eigenvalue weighted by Crippen LogP contribution is -2.37. The first-order valence-corrected chi connectivity index (χ1v) is 11.9. The van der Waals surface area contributed by atoms with Gasteiger partial charge in [0.05, 0.1) is 24.4 Å². The maximum absolute atomic E-state index is 13.2. The minimum absolute atomic E-state index is 0.00671. The number of nitrogens with one attached hydrogen (secondary N) is 2. The van der Waals surface area contributed by atoms with Crippen LogP contribution >= 0.6 is 0 Å². The fourth-order valence-corrected chi connectivity index (χ4v) is 4.60. The van der Waals surface area contributed by atoms with Crippen molar-refractivity contribution < 1.29 is 14.3 Å². The zero-order valence-corrected chi connectivity index (χ0v) is 19.5. The van der Waals surface area contributed by atoms with Crippen LogP contribution in [0.1, 0.15) is 53.5 Å². The molecule has 1 saturated carbocycles. The van der Waals surface area contributed by atoms with Gasteiger partial charge in [0.2, 0.25) is 5.91 Å². The second-order valence-electron chi connectivity index (χ2n) is 8.95. The van der Waals surface area contributed by atoms with Crippen molar-refractivity contribution in [3.63, 3.8) is 0 Å². The van der Waals surface area contributed by atoms with E-state index >= 15 is 0 Å². The Balaban J connectivity index is 1.54. The first-order chi connectivity index (χ1) is 16.6. The Labute approximate surface area is 200 Å². The van der Waals surface area contributed by atoms with Crippen molar-refractivity contribution in [2.45, 2.75) is 38.1 Å². The van der Waals surface area contributed by atoms with Gasteiger partial charge in [-0.3, -0.25) is 4.79 Å². The number of rotatable bonds is 8. The molecule has 0 saturated heterocycles. The molecule has 34 heavy (non-hydrogen) atoms. The number of esters is 1. The maximum atomic E-state index is 13.2. The highest BCUT2D eigenvalue weighted by Crippen LogP contribution is 2.29. The minimum atomic E-state index is -0.392. The first kappa shape index (κ1) is 23.7. The van der Waals surface area contributed by atoms with Gasteiger partial charge in [0.25, 0.3) is 0 Å². The Morgan fingerprint density at radius 3 is 2.59 bits per heavy atom. The molecule has 2 aromatic carbocycles. The average Bonchev–Trinajstić information content (AvgIpc) is 3.39. The van der Waals surface area contributed by atoms with Crippen molar-refractivity contribution in [3.05, 3.63) is 77.7 Å². The summed E-state index contributed by atoms with van der Waals surface area (Å²) >= 11 is 0. The van der Waals surface area contributed by atoms with E-state index in [0.29, 0.717) is 36.0 Å². The standard InChI is InChI=1S/C27H32N4O3/c1-34-27(33)22-9-5-8-21(15-22)24-17-29-25(30-24)23(14-18-6-3-2-4-7-18)31-26(32)20-12-10-19(16-28)11-13-20/h2-9,15,17,19-20,23H,10-14,16,28H2,1H3,(H,29,30)(H,31,32)/t19-,20-,23-/m0/s1. The third kappa shape index (κ3) is 5.72. The van der Waals surface area contributed by atoms with Crippen molar-refractivity contribution in [2.75, 3.05) is 13.7 Å². The van der Waals surface area contributed by atoms with Crippen LogP contribution in [0.15, 0.2) is 60.8 Å². The van der Waals surface area contributed by atoms with Crippen LogP contribution in [-0.4, -0.2) is 35.5 Å². The van der Waals surface area contributed by atoms with Crippen LogP contribution in [-0.2, 0) is 16.0 Å². The van der Waals surface area contributed by atoms with Gasteiger partial charge in [0.15, 0.2) is 0 Å². The van der Waals surface area contributed by atoms with Gasteiger partial charge in [-0.25, -0.2) is 9.78 Å². The van der Waals surface area contributed by atoms with E-state index in [1.165, 1.54) is 7.11 Å². The third-order valence-electron chi connectivity index (χ3n) is 6.66. The summed E-state index contributed by atoms with van der Waals surface area (Å²) in [5.41, 5.74) is 8.90. The number of H-pyrrole nitrogens is 1. The minimum Gasteiger partial charge on any atom is -0.465 e. The second kappa shape index (κ2) is 11.1. The zero-order valence-electron chi connectivity index (χ0n) is 19.5. The fourth-order valence-electron chi connectivity index (χ4n) is 4.60. The van der Waals surface area contributed by atoms with Crippen molar-refractivity contribution in [2.24, 2.45) is 17.6 Å². The van der Waals surface area contributed by atoms with Gasteiger partial charge >= 0.3 is 5.97 Å². The molecule has 7 heteroatoms. The lowest BCUT2D eigenvalue weighted by molar-refractivity contribution is -0.127. The molecular weight excluding hydrogens is 428 g/mol. The highest BCUT2D eigenvalue weighted by molar-refractivity contribution is 5.90. The smallest absolute Gasteiger partial charge is 0.337 e. The Morgan fingerprint density at radius 1 is 1.12 bits per heavy atom. The van der Waals surface area contributed by atoms with Crippen LogP contribution in [0.4, 0.5) is 0 Å². The quantitative estimate of drug-likeness (QED) is 0.440. The Kier molecular flexibility index (Phi) is 7.75. The molecule has 3 aromatic rings. The van der Waals surface area contributed by atoms with E-state index in [4.69, 9.17) is 15.5 Å². The summed E-state index contributed by atoms with van der Waals surface area (Å²) in [5.74, 6) is 0.898. The van der Waals surface area contributed by atoms with Crippen molar-refractivity contribution in [1.82, 2.24) is 15.3 Å². The fraction of sp³-hybridized carbons (Fsp3) is 0.370. The molecule has 1 atom stereocenters. The molecule has 0 unspecified atom stereocenters. The van der Waals surface area contributed by atoms with Gasteiger partial charge in [0.1, 0.15) is 5.82 Å². The molecule has 0 radical (unpaired) electrons. The van der Waals surface area contributed by atoms with Gasteiger partial charge in [-0.2, -0.15) is 0 Å². The number of hydrogen-bond donors (Lipinski definition) is 3. The number of hydrogen-bond acceptors (Lipinski definition) is 5. The number of methoxy groups -OCH3 is 1. The predicted molar refractivity (Wildman–Crippen MR) is 131 cm³/mol. The highest BCUT2D eigenvalue weighted by Gasteiger charge is 2.28. The van der Waals surface area contributed by atoms with Gasteiger partial charge in [-0.05, 0) is 62.3 Å². The number of aromatic amines is 1. The van der Waals surface area contributed by atoms with Crippen LogP contribution in [0.25, 0.3) is 11.3 Å². The summed E-state index contributed by atoms with van der Waals surface area (Å²) in [4.78, 5) is 33.1. The van der Waals surface area contributed by atoms with E-state index in [-0.39, 0.29) is 17.9 Å². The number of amides is 1. The molecule has 1 aromatic heterocycles. The summed E-state index contributed by atoms with van der Waals surface area (Å²) < 4.78 is 4.83. The Bertz CT molecular complexity index is 1100. The lowest BCUT2D eigenvalue weighted by atomic mass is 9.81. The van der Waals surface area contributed by atoms with Crippen molar-refractivity contribution >= 4 is 11.9 Å². The molecule has 4 rings (SSSR count). The molecule has 7 nitrogen and oxygen atoms in total. The number of ether oxygens (including phenoxy) is 1. The molecule has 0 spiro atoms. The molecule has 1 heterocycles. The van der Waals surface area contributed by atoms with Crippen LogP contribution in [0, 0.1) is 11.8 Å². The van der Waals surface area contributed by atoms with E-state index in [9.17, 15) is 9.59 Å². The van der Waals surface area contributed by atoms with Gasteiger partial charge in [0, 0.05) is 17.7 Å². The summed E-state index contributed by atoms with van der Waals surface area (Å²) in [7, 11) is 1.36. The number of nitrogens with zero attached hydrogens (tertiary/aromatic N) is 1. The monoisotopic (exact) mass is 460 g/mol. The molecular formula is C27H32N4O3. The number of nitrogens with two attached hydrogens (primary N) is 1. The molecule has 0 aliphatic heterocycles. The van der Waals surface area contributed by atoms with E-state index in [2.05, 4.69) is 22.4 Å². The molecule has 0 bridgehead atoms. The Morgan fingerprint density at radius 2 is 1.88 bits per heavy atom. The maximum Gasteiger partial charge on any atom is 0.337 e. The molecule has 4 N–H and O–H groups in total. The summed E-state index contributed by atoms with van der Waals surface area (Å²) in [6.07, 6.45) is 6.17. The number of imidazole rings is 1. The van der Waals surface area contributed by atoms with E-state index in [0.717, 1.165) is 36.8 Å². The number of benzene rings is 2. The summed E-state index contributed by atoms with van der Waals surface area (Å²) in [6, 6.07) is 16.9. The lowest BCUT2D eigenvalue weighted by Gasteiger charge is -2.28. The van der Waals surface area contributed by atoms with Crippen molar-refractivity contribution in [3.8, 4) is 11.3 Å². The van der Waals surface area contributed by atoms with E-state index < -0.39 is 5.97 Å². The van der Waals surface area contributed by atoms with Crippen LogP contribution in [0.5, 0.6) is 0 Å². The number of aromatic nitrogens is 2. The molecule has 1 aliphatic carbocycles.